The Morgan fingerprint density at radius 1 is 1.17 bits per heavy atom. The number of benzene rings is 1. The molecule has 2 rings (SSSR count). The van der Waals surface area contributed by atoms with Crippen molar-refractivity contribution >= 4 is 44.8 Å². The van der Waals surface area contributed by atoms with Gasteiger partial charge >= 0.3 is 5.76 Å². The van der Waals surface area contributed by atoms with Crippen LogP contribution in [0.1, 0.15) is 15.9 Å². The molecule has 0 unspecified atom stereocenters. The number of pyridine rings is 1. The molecule has 0 aliphatic carbocycles. The molecular formula is C14H10Cl2F2N2O3S. The van der Waals surface area contributed by atoms with Crippen molar-refractivity contribution in [3.8, 4) is 0 Å². The Labute approximate surface area is 146 Å². The summed E-state index contributed by atoms with van der Waals surface area (Å²) in [4.78, 5) is 15.9. The van der Waals surface area contributed by atoms with Crippen molar-refractivity contribution in [2.24, 2.45) is 0 Å². The number of halogens is 4. The van der Waals surface area contributed by atoms with Crippen LogP contribution in [0.2, 0.25) is 10.0 Å². The van der Waals surface area contributed by atoms with Gasteiger partial charge < -0.3 is 5.32 Å². The highest BCUT2D eigenvalue weighted by Gasteiger charge is 2.24. The highest BCUT2D eigenvalue weighted by atomic mass is 35.5. The van der Waals surface area contributed by atoms with E-state index in [9.17, 15) is 22.0 Å². The number of hydrogen-bond acceptors (Lipinski definition) is 4. The number of sulfone groups is 1. The van der Waals surface area contributed by atoms with Gasteiger partial charge in [0.05, 0.1) is 15.8 Å². The van der Waals surface area contributed by atoms with Crippen LogP contribution < -0.4 is 5.32 Å². The van der Waals surface area contributed by atoms with Crippen molar-refractivity contribution in [2.45, 2.75) is 11.5 Å². The zero-order valence-corrected chi connectivity index (χ0v) is 14.2. The predicted octanol–water partition coefficient (Wildman–Crippen LogP) is 3.78. The number of carbonyl (C=O) groups is 1. The van der Waals surface area contributed by atoms with Crippen LogP contribution in [0.25, 0.3) is 0 Å². The van der Waals surface area contributed by atoms with E-state index in [1.165, 1.54) is 36.5 Å². The number of nitrogens with one attached hydrogen (secondary N) is 1. The summed E-state index contributed by atoms with van der Waals surface area (Å²) in [5, 5.41) is 2.93. The number of alkyl halides is 2. The van der Waals surface area contributed by atoms with Gasteiger partial charge in [0.2, 0.25) is 9.84 Å². The van der Waals surface area contributed by atoms with Crippen LogP contribution in [0.15, 0.2) is 36.5 Å². The van der Waals surface area contributed by atoms with Gasteiger partial charge in [-0.1, -0.05) is 35.3 Å². The minimum absolute atomic E-state index is 0.152. The number of rotatable bonds is 5. The summed E-state index contributed by atoms with van der Waals surface area (Å²) in [5.74, 6) is -4.59. The third-order valence-electron chi connectivity index (χ3n) is 2.91. The first-order chi connectivity index (χ1) is 11.2. The van der Waals surface area contributed by atoms with E-state index in [-0.39, 0.29) is 27.0 Å². The summed E-state index contributed by atoms with van der Waals surface area (Å²) < 4.78 is 47.0. The largest absolute Gasteiger partial charge is 0.337 e. The highest BCUT2D eigenvalue weighted by molar-refractivity contribution is 7.90. The quantitative estimate of drug-likeness (QED) is 0.836. The van der Waals surface area contributed by atoms with Crippen LogP contribution in [0.5, 0.6) is 0 Å². The summed E-state index contributed by atoms with van der Waals surface area (Å²) in [6, 6.07) is 6.59. The number of amides is 1. The summed E-state index contributed by atoms with van der Waals surface area (Å²) in [7, 11) is -4.51. The SMILES string of the molecule is O=C(Nc1cc(Cl)c(Cl)cn1)c1ccc(CS(=O)(=O)C(F)F)cc1. The van der Waals surface area contributed by atoms with Crippen LogP contribution in [0, 0.1) is 0 Å². The molecule has 1 heterocycles. The van der Waals surface area contributed by atoms with Crippen LogP contribution in [0.3, 0.4) is 0 Å². The maximum atomic E-state index is 12.3. The summed E-state index contributed by atoms with van der Waals surface area (Å²) in [5.41, 5.74) is 0.348. The lowest BCUT2D eigenvalue weighted by Crippen LogP contribution is -2.15. The molecule has 5 nitrogen and oxygen atoms in total. The fourth-order valence-electron chi connectivity index (χ4n) is 1.72. The number of carbonyl (C=O) groups excluding carboxylic acids is 1. The molecule has 0 spiro atoms. The Bertz CT molecular complexity index is 859. The van der Waals surface area contributed by atoms with E-state index >= 15 is 0 Å². The second kappa shape index (κ2) is 7.42. The van der Waals surface area contributed by atoms with Crippen LogP contribution in [-0.2, 0) is 15.6 Å². The number of nitrogens with zero attached hydrogens (tertiary/aromatic N) is 1. The van der Waals surface area contributed by atoms with Gasteiger partial charge in [0.25, 0.3) is 5.91 Å². The van der Waals surface area contributed by atoms with E-state index in [0.717, 1.165) is 0 Å². The minimum atomic E-state index is -4.51. The van der Waals surface area contributed by atoms with E-state index in [0.29, 0.717) is 0 Å². The number of aromatic nitrogens is 1. The van der Waals surface area contributed by atoms with Crippen LogP contribution in [-0.4, -0.2) is 25.1 Å². The molecule has 0 bridgehead atoms. The molecule has 128 valence electrons. The van der Waals surface area contributed by atoms with Gasteiger partial charge in [0.15, 0.2) is 0 Å². The fourth-order valence-corrected chi connectivity index (χ4v) is 2.76. The topological polar surface area (TPSA) is 76.1 Å². The standard InChI is InChI=1S/C14H10Cl2F2N2O3S/c15-10-5-12(19-6-11(10)16)20-13(21)9-3-1-8(2-4-9)7-24(22,23)14(17)18/h1-6,14H,7H2,(H,19,20,21). The first-order valence-corrected chi connectivity index (χ1v) is 8.87. The first kappa shape index (κ1) is 18.6. The molecule has 24 heavy (non-hydrogen) atoms. The second-order valence-electron chi connectivity index (χ2n) is 4.70. The van der Waals surface area contributed by atoms with E-state index in [4.69, 9.17) is 23.2 Å². The predicted molar refractivity (Wildman–Crippen MR) is 87.3 cm³/mol. The van der Waals surface area contributed by atoms with Crippen LogP contribution >= 0.6 is 23.2 Å². The molecule has 0 saturated carbocycles. The maximum Gasteiger partial charge on any atom is 0.337 e. The zero-order valence-electron chi connectivity index (χ0n) is 11.8. The van der Waals surface area contributed by atoms with Crippen molar-refractivity contribution in [2.75, 3.05) is 5.32 Å². The van der Waals surface area contributed by atoms with Gasteiger partial charge in [0, 0.05) is 17.8 Å². The van der Waals surface area contributed by atoms with E-state index in [1.54, 1.807) is 0 Å². The number of anilines is 1. The van der Waals surface area contributed by atoms with Gasteiger partial charge in [-0.2, -0.15) is 8.78 Å². The van der Waals surface area contributed by atoms with Gasteiger partial charge in [-0.15, -0.1) is 0 Å². The lowest BCUT2D eigenvalue weighted by atomic mass is 10.1. The van der Waals surface area contributed by atoms with E-state index < -0.39 is 27.3 Å². The maximum absolute atomic E-state index is 12.3. The van der Waals surface area contributed by atoms with E-state index in [1.807, 2.05) is 0 Å². The first-order valence-electron chi connectivity index (χ1n) is 6.40. The zero-order chi connectivity index (χ0) is 17.9. The molecular weight excluding hydrogens is 385 g/mol. The Hall–Kier alpha value is -1.77. The van der Waals surface area contributed by atoms with Gasteiger partial charge in [-0.25, -0.2) is 13.4 Å². The average Bonchev–Trinajstić information content (AvgIpc) is 2.51. The Morgan fingerprint density at radius 3 is 2.33 bits per heavy atom. The molecule has 1 amide bonds. The molecule has 1 N–H and O–H groups in total. The third kappa shape index (κ3) is 4.62. The Morgan fingerprint density at radius 2 is 1.79 bits per heavy atom. The van der Waals surface area contributed by atoms with E-state index in [2.05, 4.69) is 10.3 Å². The molecule has 10 heteroatoms. The van der Waals surface area contributed by atoms with Crippen molar-refractivity contribution in [1.82, 2.24) is 4.98 Å². The monoisotopic (exact) mass is 394 g/mol. The Balaban J connectivity index is 2.10. The van der Waals surface area contributed by atoms with Gasteiger partial charge in [-0.05, 0) is 17.7 Å². The number of hydrogen-bond donors (Lipinski definition) is 1. The third-order valence-corrected chi connectivity index (χ3v) is 4.89. The van der Waals surface area contributed by atoms with Crippen molar-refractivity contribution in [3.05, 3.63) is 57.7 Å². The lowest BCUT2D eigenvalue weighted by molar-refractivity contribution is 0.102. The Kier molecular flexibility index (Phi) is 5.74. The van der Waals surface area contributed by atoms with Crippen molar-refractivity contribution in [1.29, 1.82) is 0 Å². The molecule has 0 atom stereocenters. The second-order valence-corrected chi connectivity index (χ2v) is 7.49. The van der Waals surface area contributed by atoms with Crippen LogP contribution in [0.4, 0.5) is 14.6 Å². The molecule has 0 fully saturated rings. The minimum Gasteiger partial charge on any atom is -0.307 e. The highest BCUT2D eigenvalue weighted by Crippen LogP contribution is 2.23. The molecule has 0 aliphatic rings. The molecule has 0 aliphatic heterocycles. The summed E-state index contributed by atoms with van der Waals surface area (Å²) in [6.45, 7) is 0. The molecule has 0 radical (unpaired) electrons. The molecule has 1 aromatic carbocycles. The average molecular weight is 395 g/mol. The molecule has 0 saturated heterocycles. The van der Waals surface area contributed by atoms with Gasteiger partial charge in [0.1, 0.15) is 5.82 Å². The fraction of sp³-hybridized carbons (Fsp3) is 0.143. The lowest BCUT2D eigenvalue weighted by Gasteiger charge is -2.07. The van der Waals surface area contributed by atoms with Crippen molar-refractivity contribution in [3.63, 3.8) is 0 Å². The summed E-state index contributed by atoms with van der Waals surface area (Å²) >= 11 is 11.5. The van der Waals surface area contributed by atoms with Crippen molar-refractivity contribution < 1.29 is 22.0 Å². The molecule has 2 aromatic rings. The normalized spacial score (nSPS) is 11.5. The van der Waals surface area contributed by atoms with Gasteiger partial charge in [-0.3, -0.25) is 4.79 Å². The summed E-state index contributed by atoms with van der Waals surface area (Å²) in [6.07, 6.45) is 1.28. The molecule has 1 aromatic heterocycles. The smallest absolute Gasteiger partial charge is 0.307 e.